The monoisotopic (exact) mass is 375 g/mol. The van der Waals surface area contributed by atoms with Crippen LogP contribution in [0, 0.1) is 5.92 Å². The van der Waals surface area contributed by atoms with Crippen molar-refractivity contribution in [3.8, 4) is 0 Å². The highest BCUT2D eigenvalue weighted by atomic mass is 35.5. The van der Waals surface area contributed by atoms with Gasteiger partial charge in [-0.2, -0.15) is 0 Å². The fourth-order valence-electron chi connectivity index (χ4n) is 2.86. The van der Waals surface area contributed by atoms with E-state index in [-0.39, 0.29) is 36.8 Å². The van der Waals surface area contributed by atoms with Gasteiger partial charge in [-0.3, -0.25) is 9.69 Å². The van der Waals surface area contributed by atoms with Gasteiger partial charge in [0.2, 0.25) is 5.91 Å². The Kier molecular flexibility index (Phi) is 11.3. The number of hydrogen-bond donors (Lipinski definition) is 2. The summed E-state index contributed by atoms with van der Waals surface area (Å²) in [5.41, 5.74) is 2.53. The van der Waals surface area contributed by atoms with Gasteiger partial charge in [0.1, 0.15) is 0 Å². The first-order chi connectivity index (χ1) is 10.5. The minimum absolute atomic E-state index is 0. The summed E-state index contributed by atoms with van der Waals surface area (Å²) in [4.78, 5) is 14.3. The van der Waals surface area contributed by atoms with Crippen LogP contribution in [0.1, 0.15) is 37.9 Å². The molecule has 0 radical (unpaired) electrons. The number of carbonyl (C=O) groups is 1. The van der Waals surface area contributed by atoms with E-state index < -0.39 is 0 Å². The Bertz CT molecular complexity index is 474. The van der Waals surface area contributed by atoms with Crippen molar-refractivity contribution < 1.29 is 4.79 Å². The van der Waals surface area contributed by atoms with Crippen LogP contribution >= 0.6 is 24.8 Å². The minimum atomic E-state index is 0. The van der Waals surface area contributed by atoms with Crippen LogP contribution in [-0.4, -0.2) is 43.5 Å². The average molecular weight is 376 g/mol. The van der Waals surface area contributed by atoms with Crippen LogP contribution < -0.4 is 10.6 Å². The lowest BCUT2D eigenvalue weighted by Crippen LogP contribution is -2.47. The first-order valence-corrected chi connectivity index (χ1v) is 8.36. The number of rotatable bonds is 6. The van der Waals surface area contributed by atoms with Crippen molar-refractivity contribution in [2.45, 2.75) is 33.2 Å². The number of halogens is 2. The topological polar surface area (TPSA) is 44.4 Å². The molecule has 2 N–H and O–H groups in total. The molecular weight excluding hydrogens is 345 g/mol. The third-order valence-corrected chi connectivity index (χ3v) is 4.08. The van der Waals surface area contributed by atoms with Crippen LogP contribution in [0.15, 0.2) is 24.3 Å². The average Bonchev–Trinajstić information content (AvgIpc) is 2.48. The van der Waals surface area contributed by atoms with E-state index in [9.17, 15) is 4.79 Å². The van der Waals surface area contributed by atoms with Gasteiger partial charge in [0.25, 0.3) is 0 Å². The van der Waals surface area contributed by atoms with Gasteiger partial charge in [0.15, 0.2) is 0 Å². The minimum Gasteiger partial charge on any atom is -0.348 e. The Morgan fingerprint density at radius 2 is 1.71 bits per heavy atom. The number of nitrogens with zero attached hydrogens (tertiary/aromatic N) is 1. The molecule has 2 rings (SSSR count). The molecule has 1 amide bonds. The molecule has 4 nitrogen and oxygen atoms in total. The molecule has 1 aromatic rings. The van der Waals surface area contributed by atoms with Gasteiger partial charge in [0.05, 0.1) is 12.6 Å². The predicted molar refractivity (Wildman–Crippen MR) is 105 cm³/mol. The van der Waals surface area contributed by atoms with E-state index in [4.69, 9.17) is 0 Å². The van der Waals surface area contributed by atoms with E-state index in [1.54, 1.807) is 0 Å². The Labute approximate surface area is 158 Å². The summed E-state index contributed by atoms with van der Waals surface area (Å²) in [5.74, 6) is 0.780. The largest absolute Gasteiger partial charge is 0.348 e. The smallest absolute Gasteiger partial charge is 0.234 e. The summed E-state index contributed by atoms with van der Waals surface area (Å²) < 4.78 is 0. The molecule has 0 bridgehead atoms. The first-order valence-electron chi connectivity index (χ1n) is 8.36. The molecular formula is C18H31Cl2N3O. The fraction of sp³-hybridized carbons (Fsp3) is 0.611. The van der Waals surface area contributed by atoms with Crippen LogP contribution in [0.4, 0.5) is 0 Å². The highest BCUT2D eigenvalue weighted by Crippen LogP contribution is 2.15. The molecule has 6 heteroatoms. The van der Waals surface area contributed by atoms with Crippen molar-refractivity contribution in [2.75, 3.05) is 32.7 Å². The summed E-state index contributed by atoms with van der Waals surface area (Å²) in [6, 6.07) is 8.67. The highest BCUT2D eigenvalue weighted by Gasteiger charge is 2.15. The van der Waals surface area contributed by atoms with Crippen molar-refractivity contribution in [3.63, 3.8) is 0 Å². The SMILES string of the molecule is CC(C)Cc1ccc(C(C)NC(=O)CN2CCNCC2)cc1.Cl.Cl. The molecule has 1 aliphatic heterocycles. The van der Waals surface area contributed by atoms with Crippen molar-refractivity contribution >= 4 is 30.7 Å². The standard InChI is InChI=1S/C18H29N3O.2ClH/c1-14(2)12-16-4-6-17(7-5-16)15(3)20-18(22)13-21-10-8-19-9-11-21;;/h4-7,14-15,19H,8-13H2,1-3H3,(H,20,22);2*1H. The van der Waals surface area contributed by atoms with Crippen molar-refractivity contribution in [2.24, 2.45) is 5.92 Å². The molecule has 0 aliphatic carbocycles. The number of hydrogen-bond acceptors (Lipinski definition) is 3. The summed E-state index contributed by atoms with van der Waals surface area (Å²) in [6.45, 7) is 10.8. The Balaban J connectivity index is 0.00000264. The molecule has 1 aliphatic rings. The number of amides is 1. The van der Waals surface area contributed by atoms with Gasteiger partial charge in [-0.15, -0.1) is 24.8 Å². The number of nitrogens with one attached hydrogen (secondary N) is 2. The number of benzene rings is 1. The maximum absolute atomic E-state index is 12.1. The third-order valence-electron chi connectivity index (χ3n) is 4.08. The number of carbonyl (C=O) groups excluding carboxylic acids is 1. The highest BCUT2D eigenvalue weighted by molar-refractivity contribution is 5.85. The quantitative estimate of drug-likeness (QED) is 0.803. The maximum atomic E-state index is 12.1. The summed E-state index contributed by atoms with van der Waals surface area (Å²) in [5, 5.41) is 6.40. The normalized spacial score (nSPS) is 16.0. The predicted octanol–water partition coefficient (Wildman–Crippen LogP) is 2.81. The van der Waals surface area contributed by atoms with Crippen LogP contribution in [0.2, 0.25) is 0 Å². The molecule has 1 saturated heterocycles. The third kappa shape index (κ3) is 7.84. The zero-order valence-corrected chi connectivity index (χ0v) is 16.5. The van der Waals surface area contributed by atoms with E-state index in [0.29, 0.717) is 12.5 Å². The van der Waals surface area contributed by atoms with Crippen molar-refractivity contribution in [1.29, 1.82) is 0 Å². The lowest BCUT2D eigenvalue weighted by molar-refractivity contribution is -0.123. The lowest BCUT2D eigenvalue weighted by atomic mass is 10.00. The van der Waals surface area contributed by atoms with E-state index in [2.05, 4.69) is 53.6 Å². The molecule has 0 saturated carbocycles. The summed E-state index contributed by atoms with van der Waals surface area (Å²) in [7, 11) is 0. The van der Waals surface area contributed by atoms with Gasteiger partial charge >= 0.3 is 0 Å². The van der Waals surface area contributed by atoms with Gasteiger partial charge in [0, 0.05) is 26.2 Å². The van der Waals surface area contributed by atoms with Crippen LogP contribution in [0.25, 0.3) is 0 Å². The second-order valence-corrected chi connectivity index (χ2v) is 6.65. The van der Waals surface area contributed by atoms with Crippen molar-refractivity contribution in [1.82, 2.24) is 15.5 Å². The Morgan fingerprint density at radius 3 is 2.25 bits per heavy atom. The van der Waals surface area contributed by atoms with E-state index >= 15 is 0 Å². The summed E-state index contributed by atoms with van der Waals surface area (Å²) >= 11 is 0. The maximum Gasteiger partial charge on any atom is 0.234 e. The van der Waals surface area contributed by atoms with Crippen LogP contribution in [0.3, 0.4) is 0 Å². The zero-order valence-electron chi connectivity index (χ0n) is 14.9. The lowest BCUT2D eigenvalue weighted by Gasteiger charge is -2.27. The Hall–Kier alpha value is -0.810. The molecule has 1 atom stereocenters. The molecule has 24 heavy (non-hydrogen) atoms. The second kappa shape index (κ2) is 11.7. The molecule has 0 spiro atoms. The first kappa shape index (κ1) is 23.2. The fourth-order valence-corrected chi connectivity index (χ4v) is 2.86. The van der Waals surface area contributed by atoms with E-state index in [0.717, 1.165) is 32.6 Å². The molecule has 0 aromatic heterocycles. The molecule has 1 heterocycles. The van der Waals surface area contributed by atoms with Crippen molar-refractivity contribution in [3.05, 3.63) is 35.4 Å². The Morgan fingerprint density at radius 1 is 1.12 bits per heavy atom. The van der Waals surface area contributed by atoms with Gasteiger partial charge < -0.3 is 10.6 Å². The molecule has 1 aromatic carbocycles. The molecule has 1 fully saturated rings. The molecule has 1 unspecified atom stereocenters. The van der Waals surface area contributed by atoms with Crippen LogP contribution in [-0.2, 0) is 11.2 Å². The van der Waals surface area contributed by atoms with Gasteiger partial charge in [-0.1, -0.05) is 38.1 Å². The zero-order chi connectivity index (χ0) is 15.9. The van der Waals surface area contributed by atoms with E-state index in [1.165, 1.54) is 11.1 Å². The van der Waals surface area contributed by atoms with E-state index in [1.807, 2.05) is 6.92 Å². The van der Waals surface area contributed by atoms with Gasteiger partial charge in [-0.25, -0.2) is 0 Å². The van der Waals surface area contributed by atoms with Crippen LogP contribution in [0.5, 0.6) is 0 Å². The second-order valence-electron chi connectivity index (χ2n) is 6.65. The number of piperazine rings is 1. The molecule has 138 valence electrons. The summed E-state index contributed by atoms with van der Waals surface area (Å²) in [6.07, 6.45) is 1.10. The van der Waals surface area contributed by atoms with Gasteiger partial charge in [-0.05, 0) is 30.4 Å².